The van der Waals surface area contributed by atoms with E-state index in [0.29, 0.717) is 41.5 Å². The van der Waals surface area contributed by atoms with Gasteiger partial charge in [0.1, 0.15) is 12.4 Å². The van der Waals surface area contributed by atoms with Crippen LogP contribution in [0.25, 0.3) is 11.0 Å². The molecule has 2 fully saturated rings. The van der Waals surface area contributed by atoms with E-state index in [1.807, 2.05) is 23.1 Å². The van der Waals surface area contributed by atoms with Crippen molar-refractivity contribution in [2.45, 2.75) is 31.2 Å². The van der Waals surface area contributed by atoms with E-state index in [1.54, 1.807) is 40.2 Å². The number of halogens is 1. The normalized spacial score (nSPS) is 20.6. The van der Waals surface area contributed by atoms with E-state index in [1.165, 1.54) is 17.5 Å². The molecule has 39 heavy (non-hydrogen) atoms. The fourth-order valence-electron chi connectivity index (χ4n) is 6.34. The lowest BCUT2D eigenvalue weighted by molar-refractivity contribution is -0.137. The molecule has 0 saturated carbocycles. The van der Waals surface area contributed by atoms with Gasteiger partial charge in [-0.05, 0) is 90.0 Å². The molecule has 0 spiro atoms. The van der Waals surface area contributed by atoms with Crippen LogP contribution in [0.3, 0.4) is 0 Å². The number of carboxylic acids is 1. The molecule has 9 heteroatoms. The summed E-state index contributed by atoms with van der Waals surface area (Å²) in [6.07, 6.45) is 3.57. The smallest absolute Gasteiger partial charge is 0.323 e. The molecule has 1 amide bonds. The molecule has 2 aliphatic rings. The van der Waals surface area contributed by atoms with Gasteiger partial charge < -0.3 is 19.5 Å². The summed E-state index contributed by atoms with van der Waals surface area (Å²) in [5.41, 5.74) is 4.17. The molecule has 7 nitrogen and oxygen atoms in total. The second kappa shape index (κ2) is 10.9. The molecule has 6 rings (SSSR count). The molecule has 4 aromatic rings. The van der Waals surface area contributed by atoms with Gasteiger partial charge in [0.2, 0.25) is 0 Å². The van der Waals surface area contributed by atoms with E-state index in [2.05, 4.69) is 26.7 Å². The van der Waals surface area contributed by atoms with Gasteiger partial charge in [-0.25, -0.2) is 9.37 Å². The zero-order valence-corrected chi connectivity index (χ0v) is 22.4. The van der Waals surface area contributed by atoms with Gasteiger partial charge in [0, 0.05) is 25.6 Å². The lowest BCUT2D eigenvalue weighted by Gasteiger charge is -2.34. The Kier molecular flexibility index (Phi) is 7.18. The van der Waals surface area contributed by atoms with Crippen LogP contribution in [0.15, 0.2) is 65.6 Å². The van der Waals surface area contributed by atoms with Crippen molar-refractivity contribution in [3.05, 3.63) is 88.1 Å². The van der Waals surface area contributed by atoms with Crippen LogP contribution in [-0.4, -0.2) is 69.1 Å². The largest absolute Gasteiger partial charge is 0.480 e. The molecule has 0 aliphatic carbocycles. The first-order valence-corrected chi connectivity index (χ1v) is 14.4. The maximum atomic E-state index is 13.9. The SMILES string of the molecule is O=C(O)Cn1cnc2cccc(C(=O)N3C[C@@H](CN4CCC(c5ccc(F)cc5)CC4)[C@H](c4ccsc4)C3)c21. The Morgan fingerprint density at radius 2 is 1.82 bits per heavy atom. The molecule has 1 N–H and O–H groups in total. The third-order valence-electron chi connectivity index (χ3n) is 8.30. The zero-order chi connectivity index (χ0) is 26.9. The molecule has 0 unspecified atom stereocenters. The number of carbonyl (C=O) groups is 2. The molecule has 0 radical (unpaired) electrons. The Labute approximate surface area is 230 Å². The maximum Gasteiger partial charge on any atom is 0.323 e. The van der Waals surface area contributed by atoms with Crippen LogP contribution in [0.4, 0.5) is 4.39 Å². The number of hydrogen-bond donors (Lipinski definition) is 1. The molecule has 2 saturated heterocycles. The van der Waals surface area contributed by atoms with Gasteiger partial charge >= 0.3 is 5.97 Å². The Balaban J connectivity index is 1.19. The molecule has 202 valence electrons. The summed E-state index contributed by atoms with van der Waals surface area (Å²) in [4.78, 5) is 34.1. The summed E-state index contributed by atoms with van der Waals surface area (Å²) in [7, 11) is 0. The number of thiophene rings is 1. The van der Waals surface area contributed by atoms with Gasteiger partial charge in [0.15, 0.2) is 0 Å². The number of carboxylic acid groups (broad SMARTS) is 1. The molecule has 4 heterocycles. The van der Waals surface area contributed by atoms with Crippen LogP contribution in [0, 0.1) is 11.7 Å². The van der Waals surface area contributed by atoms with Crippen molar-refractivity contribution in [2.24, 2.45) is 5.92 Å². The van der Waals surface area contributed by atoms with Crippen molar-refractivity contribution in [1.29, 1.82) is 0 Å². The second-order valence-electron chi connectivity index (χ2n) is 10.7. The van der Waals surface area contributed by atoms with E-state index in [0.717, 1.165) is 32.5 Å². The molecular formula is C30H31FN4O3S. The van der Waals surface area contributed by atoms with E-state index >= 15 is 0 Å². The van der Waals surface area contributed by atoms with Crippen molar-refractivity contribution in [1.82, 2.24) is 19.4 Å². The van der Waals surface area contributed by atoms with Crippen molar-refractivity contribution in [2.75, 3.05) is 32.7 Å². The Morgan fingerprint density at radius 1 is 1.03 bits per heavy atom. The Morgan fingerprint density at radius 3 is 2.54 bits per heavy atom. The number of hydrogen-bond acceptors (Lipinski definition) is 5. The lowest BCUT2D eigenvalue weighted by atomic mass is 9.87. The second-order valence-corrected chi connectivity index (χ2v) is 11.5. The number of amides is 1. The fraction of sp³-hybridized carbons (Fsp3) is 0.367. The number of fused-ring (bicyclic) bond motifs is 1. The summed E-state index contributed by atoms with van der Waals surface area (Å²) in [5.74, 6) is -0.248. The Hall–Kier alpha value is -3.56. The van der Waals surface area contributed by atoms with Crippen LogP contribution in [0.1, 0.15) is 46.2 Å². The van der Waals surface area contributed by atoms with Crippen molar-refractivity contribution in [3.8, 4) is 0 Å². The number of nitrogens with zero attached hydrogens (tertiary/aromatic N) is 4. The number of rotatable bonds is 7. The number of benzene rings is 2. The number of aromatic nitrogens is 2. The number of imidazole rings is 1. The van der Waals surface area contributed by atoms with Gasteiger partial charge in [0.05, 0.1) is 22.9 Å². The van der Waals surface area contributed by atoms with E-state index in [9.17, 15) is 19.1 Å². The van der Waals surface area contributed by atoms with Crippen LogP contribution in [0.2, 0.25) is 0 Å². The molecule has 2 aliphatic heterocycles. The summed E-state index contributed by atoms with van der Waals surface area (Å²) >= 11 is 1.68. The highest BCUT2D eigenvalue weighted by Gasteiger charge is 2.38. The van der Waals surface area contributed by atoms with E-state index < -0.39 is 5.97 Å². The van der Waals surface area contributed by atoms with Gasteiger partial charge in [-0.3, -0.25) is 9.59 Å². The van der Waals surface area contributed by atoms with Crippen molar-refractivity contribution >= 4 is 34.2 Å². The first-order valence-electron chi connectivity index (χ1n) is 13.4. The topological polar surface area (TPSA) is 78.7 Å². The average Bonchev–Trinajstić information content (AvgIpc) is 3.69. The third-order valence-corrected chi connectivity index (χ3v) is 9.00. The third kappa shape index (κ3) is 5.33. The van der Waals surface area contributed by atoms with Crippen LogP contribution < -0.4 is 0 Å². The minimum Gasteiger partial charge on any atom is -0.480 e. The number of likely N-dealkylation sites (tertiary alicyclic amines) is 2. The maximum absolute atomic E-state index is 13.9. The number of aliphatic carboxylic acids is 1. The molecule has 2 aromatic heterocycles. The molecule has 2 atom stereocenters. The summed E-state index contributed by atoms with van der Waals surface area (Å²) in [6.45, 7) is 3.93. The minimum absolute atomic E-state index is 0.0783. The van der Waals surface area contributed by atoms with Gasteiger partial charge in [0.25, 0.3) is 5.91 Å². The van der Waals surface area contributed by atoms with Gasteiger partial charge in [-0.2, -0.15) is 11.3 Å². The monoisotopic (exact) mass is 546 g/mol. The fourth-order valence-corrected chi connectivity index (χ4v) is 7.06. The summed E-state index contributed by atoms with van der Waals surface area (Å²) in [6, 6.07) is 14.5. The van der Waals surface area contributed by atoms with E-state index in [4.69, 9.17) is 0 Å². The zero-order valence-electron chi connectivity index (χ0n) is 21.6. The van der Waals surface area contributed by atoms with Crippen LogP contribution in [0.5, 0.6) is 0 Å². The predicted octanol–water partition coefficient (Wildman–Crippen LogP) is 5.06. The highest BCUT2D eigenvalue weighted by Crippen LogP contribution is 2.37. The highest BCUT2D eigenvalue weighted by molar-refractivity contribution is 7.08. The van der Waals surface area contributed by atoms with Crippen molar-refractivity contribution < 1.29 is 19.1 Å². The quantitative estimate of drug-likeness (QED) is 0.351. The van der Waals surface area contributed by atoms with E-state index in [-0.39, 0.29) is 24.2 Å². The first kappa shape index (κ1) is 25.7. The van der Waals surface area contributed by atoms with Gasteiger partial charge in [-0.15, -0.1) is 0 Å². The predicted molar refractivity (Wildman–Crippen MR) is 149 cm³/mol. The lowest BCUT2D eigenvalue weighted by Crippen LogP contribution is -2.38. The molecular weight excluding hydrogens is 515 g/mol. The summed E-state index contributed by atoms with van der Waals surface area (Å²) in [5, 5.41) is 13.6. The number of para-hydroxylation sites is 1. The standard InChI is InChI=1S/C30H31FN4O3S/c31-24-6-4-20(5-7-24)21-8-11-33(12-9-21)14-23-15-34(16-26(23)22-10-13-39-18-22)30(38)25-2-1-3-27-29(25)35(19-32-27)17-28(36)37/h1-7,10,13,18-19,21,23,26H,8-9,11-12,14-17H2,(H,36,37)/t23-,26+/m1/s1. The summed E-state index contributed by atoms with van der Waals surface area (Å²) < 4.78 is 14.9. The molecule has 2 aromatic carbocycles. The Bertz CT molecular complexity index is 1460. The molecule has 0 bridgehead atoms. The highest BCUT2D eigenvalue weighted by atomic mass is 32.1. The number of carbonyl (C=O) groups excluding carboxylic acids is 1. The van der Waals surface area contributed by atoms with Gasteiger partial charge in [-0.1, -0.05) is 18.2 Å². The number of piperidine rings is 1. The van der Waals surface area contributed by atoms with Crippen molar-refractivity contribution in [3.63, 3.8) is 0 Å². The minimum atomic E-state index is -0.974. The van der Waals surface area contributed by atoms with Crippen LogP contribution >= 0.6 is 11.3 Å². The average molecular weight is 547 g/mol. The first-order chi connectivity index (χ1) is 19.0. The van der Waals surface area contributed by atoms with Crippen LogP contribution in [-0.2, 0) is 11.3 Å².